The molecule has 0 radical (unpaired) electrons. The monoisotopic (exact) mass is 309 g/mol. The van der Waals surface area contributed by atoms with Gasteiger partial charge >= 0.3 is 0 Å². The maximum Gasteiger partial charge on any atom is 0.292 e. The standard InChI is InChI=1S/C12H5ClFN3O2S/c13-7-2-1-3-8(14)6(7)4-9-11(19)17-12(20-9)16-10(18)5-15-17/h1-5H/b9-4+. The zero-order valence-corrected chi connectivity index (χ0v) is 11.3. The highest BCUT2D eigenvalue weighted by atomic mass is 35.5. The molecular formula is C12H5ClFN3O2S. The number of hydrogen-bond donors (Lipinski definition) is 0. The van der Waals surface area contributed by atoms with Crippen molar-refractivity contribution in [3.8, 4) is 0 Å². The largest absolute Gasteiger partial charge is 0.292 e. The summed E-state index contributed by atoms with van der Waals surface area (Å²) < 4.78 is 14.9. The van der Waals surface area contributed by atoms with Gasteiger partial charge in [-0.2, -0.15) is 14.6 Å². The summed E-state index contributed by atoms with van der Waals surface area (Å²) in [5, 5.41) is 3.87. The van der Waals surface area contributed by atoms with Crippen LogP contribution in [0.2, 0.25) is 5.02 Å². The Morgan fingerprint density at radius 3 is 2.90 bits per heavy atom. The van der Waals surface area contributed by atoms with E-state index in [1.54, 1.807) is 0 Å². The van der Waals surface area contributed by atoms with Gasteiger partial charge in [0.1, 0.15) is 12.0 Å². The Labute approximate surface area is 119 Å². The molecule has 100 valence electrons. The molecular weight excluding hydrogens is 305 g/mol. The molecule has 0 aliphatic rings. The van der Waals surface area contributed by atoms with Crippen LogP contribution in [0.1, 0.15) is 5.56 Å². The van der Waals surface area contributed by atoms with Gasteiger partial charge in [0.05, 0.1) is 9.55 Å². The van der Waals surface area contributed by atoms with E-state index in [1.165, 1.54) is 24.3 Å². The number of hydrogen-bond acceptors (Lipinski definition) is 5. The van der Waals surface area contributed by atoms with E-state index in [1.807, 2.05) is 0 Å². The number of rotatable bonds is 1. The fraction of sp³-hybridized carbons (Fsp3) is 0. The van der Waals surface area contributed by atoms with Crippen molar-refractivity contribution < 1.29 is 4.39 Å². The van der Waals surface area contributed by atoms with E-state index < -0.39 is 16.9 Å². The Balaban J connectivity index is 2.35. The summed E-state index contributed by atoms with van der Waals surface area (Å²) in [6.45, 7) is 0. The summed E-state index contributed by atoms with van der Waals surface area (Å²) in [5.74, 6) is -0.537. The third kappa shape index (κ3) is 2.10. The van der Waals surface area contributed by atoms with E-state index >= 15 is 0 Å². The van der Waals surface area contributed by atoms with Crippen LogP contribution in [0.5, 0.6) is 0 Å². The normalized spacial score (nSPS) is 12.2. The lowest BCUT2D eigenvalue weighted by atomic mass is 10.2. The maximum absolute atomic E-state index is 13.7. The lowest BCUT2D eigenvalue weighted by Crippen LogP contribution is -2.25. The van der Waals surface area contributed by atoms with Gasteiger partial charge in [0.25, 0.3) is 11.1 Å². The minimum atomic E-state index is -0.540. The van der Waals surface area contributed by atoms with Crippen molar-refractivity contribution in [1.82, 2.24) is 14.6 Å². The highest BCUT2D eigenvalue weighted by Crippen LogP contribution is 2.19. The predicted molar refractivity (Wildman–Crippen MR) is 73.6 cm³/mol. The molecule has 2 aromatic heterocycles. The molecule has 3 aromatic rings. The van der Waals surface area contributed by atoms with Gasteiger partial charge < -0.3 is 0 Å². The molecule has 5 nitrogen and oxygen atoms in total. The van der Waals surface area contributed by atoms with Crippen molar-refractivity contribution in [3.05, 3.63) is 66.0 Å². The average Bonchev–Trinajstić information content (AvgIpc) is 2.70. The third-order valence-electron chi connectivity index (χ3n) is 2.55. The highest BCUT2D eigenvalue weighted by Gasteiger charge is 2.08. The van der Waals surface area contributed by atoms with Gasteiger partial charge in [-0.25, -0.2) is 4.39 Å². The van der Waals surface area contributed by atoms with E-state index in [2.05, 4.69) is 10.1 Å². The summed E-state index contributed by atoms with van der Waals surface area (Å²) in [7, 11) is 0. The van der Waals surface area contributed by atoms with E-state index in [4.69, 9.17) is 11.6 Å². The molecule has 0 amide bonds. The minimum absolute atomic E-state index is 0.112. The maximum atomic E-state index is 13.7. The number of thiazole rings is 1. The SMILES string of the molecule is O=c1cnn2c(=O)/c(=C\c3c(F)cccc3Cl)sc2n1. The van der Waals surface area contributed by atoms with Crippen LogP contribution in [-0.2, 0) is 0 Å². The summed E-state index contributed by atoms with van der Waals surface area (Å²) in [6.07, 6.45) is 2.27. The number of aromatic nitrogens is 3. The Bertz CT molecular complexity index is 962. The predicted octanol–water partition coefficient (Wildman–Crippen LogP) is 0.851. The first-order chi connectivity index (χ1) is 9.56. The second kappa shape index (κ2) is 4.77. The van der Waals surface area contributed by atoms with E-state index in [-0.39, 0.29) is 20.1 Å². The van der Waals surface area contributed by atoms with E-state index in [0.29, 0.717) is 0 Å². The zero-order chi connectivity index (χ0) is 14.3. The molecule has 0 fully saturated rings. The molecule has 2 heterocycles. The zero-order valence-electron chi connectivity index (χ0n) is 9.71. The lowest BCUT2D eigenvalue weighted by molar-refractivity contribution is 0.625. The van der Waals surface area contributed by atoms with E-state index in [9.17, 15) is 14.0 Å². The van der Waals surface area contributed by atoms with Crippen LogP contribution in [0.25, 0.3) is 11.0 Å². The van der Waals surface area contributed by atoms with Gasteiger partial charge in [0.15, 0.2) is 0 Å². The van der Waals surface area contributed by atoms with E-state index in [0.717, 1.165) is 22.0 Å². The second-order valence-corrected chi connectivity index (χ2v) is 5.26. The first kappa shape index (κ1) is 12.9. The van der Waals surface area contributed by atoms with Crippen molar-refractivity contribution in [1.29, 1.82) is 0 Å². The Morgan fingerprint density at radius 1 is 1.35 bits per heavy atom. The van der Waals surface area contributed by atoms with Gasteiger partial charge in [0, 0.05) is 5.56 Å². The number of benzene rings is 1. The van der Waals surface area contributed by atoms with Gasteiger partial charge in [-0.3, -0.25) is 9.59 Å². The van der Waals surface area contributed by atoms with Crippen LogP contribution >= 0.6 is 22.9 Å². The summed E-state index contributed by atoms with van der Waals surface area (Å²) in [4.78, 5) is 26.9. The average molecular weight is 310 g/mol. The Hall–Kier alpha value is -2.12. The van der Waals surface area contributed by atoms with Gasteiger partial charge in [-0.05, 0) is 18.2 Å². The smallest absolute Gasteiger partial charge is 0.266 e. The molecule has 1 aromatic carbocycles. The molecule has 0 unspecified atom stereocenters. The molecule has 0 saturated carbocycles. The van der Waals surface area contributed by atoms with Crippen LogP contribution in [0.3, 0.4) is 0 Å². The van der Waals surface area contributed by atoms with Crippen LogP contribution in [0.4, 0.5) is 4.39 Å². The van der Waals surface area contributed by atoms with Gasteiger partial charge in [0.2, 0.25) is 4.96 Å². The molecule has 0 aliphatic heterocycles. The molecule has 8 heteroatoms. The number of halogens is 2. The quantitative estimate of drug-likeness (QED) is 0.668. The molecule has 0 bridgehead atoms. The van der Waals surface area contributed by atoms with Crippen LogP contribution < -0.4 is 15.7 Å². The molecule has 0 atom stereocenters. The second-order valence-electron chi connectivity index (χ2n) is 3.84. The van der Waals surface area contributed by atoms with Crippen molar-refractivity contribution in [3.63, 3.8) is 0 Å². The lowest BCUT2D eigenvalue weighted by Gasteiger charge is -1.97. The van der Waals surface area contributed by atoms with Crippen molar-refractivity contribution >= 4 is 34.0 Å². The molecule has 3 rings (SSSR count). The Kier molecular flexibility index (Phi) is 3.07. The molecule has 0 spiro atoms. The highest BCUT2D eigenvalue weighted by molar-refractivity contribution is 7.15. The third-order valence-corrected chi connectivity index (χ3v) is 3.84. The number of nitrogens with zero attached hydrogens (tertiary/aromatic N) is 3. The topological polar surface area (TPSA) is 64.3 Å². The summed E-state index contributed by atoms with van der Waals surface area (Å²) in [5.41, 5.74) is -0.903. The van der Waals surface area contributed by atoms with Crippen LogP contribution in [0, 0.1) is 5.82 Å². The minimum Gasteiger partial charge on any atom is -0.266 e. The fourth-order valence-corrected chi connectivity index (χ4v) is 2.77. The molecule has 0 N–H and O–H groups in total. The first-order valence-electron chi connectivity index (χ1n) is 5.41. The first-order valence-corrected chi connectivity index (χ1v) is 6.60. The number of fused-ring (bicyclic) bond motifs is 1. The fourth-order valence-electron chi connectivity index (χ4n) is 1.65. The van der Waals surface area contributed by atoms with Crippen LogP contribution in [0.15, 0.2) is 34.0 Å². The van der Waals surface area contributed by atoms with Crippen molar-refractivity contribution in [2.75, 3.05) is 0 Å². The van der Waals surface area contributed by atoms with Crippen molar-refractivity contribution in [2.45, 2.75) is 0 Å². The molecule has 20 heavy (non-hydrogen) atoms. The summed E-state index contributed by atoms with van der Waals surface area (Å²) >= 11 is 6.85. The Morgan fingerprint density at radius 2 is 2.15 bits per heavy atom. The molecule has 0 saturated heterocycles. The van der Waals surface area contributed by atoms with Gasteiger partial charge in [-0.1, -0.05) is 29.0 Å². The molecule has 0 aliphatic carbocycles. The summed E-state index contributed by atoms with van der Waals surface area (Å²) in [6, 6.07) is 4.24. The van der Waals surface area contributed by atoms with Crippen LogP contribution in [-0.4, -0.2) is 14.6 Å². The van der Waals surface area contributed by atoms with Crippen molar-refractivity contribution in [2.24, 2.45) is 0 Å². The van der Waals surface area contributed by atoms with Gasteiger partial charge in [-0.15, -0.1) is 0 Å².